The smallest absolute Gasteiger partial charge is 0.204 e. The van der Waals surface area contributed by atoms with Crippen molar-refractivity contribution in [3.8, 4) is 6.19 Å². The van der Waals surface area contributed by atoms with Crippen molar-refractivity contribution in [2.45, 2.75) is 12.7 Å². The largest absolute Gasteiger partial charge is 0.355 e. The maximum Gasteiger partial charge on any atom is 0.204 e. The summed E-state index contributed by atoms with van der Waals surface area (Å²) >= 11 is 3.48. The molecule has 0 radical (unpaired) electrons. The van der Waals surface area contributed by atoms with Crippen LogP contribution in [0, 0.1) is 18.4 Å². The minimum atomic E-state index is 0.512. The van der Waals surface area contributed by atoms with Gasteiger partial charge in [0, 0.05) is 30.5 Å². The van der Waals surface area contributed by atoms with Crippen LogP contribution in [0.5, 0.6) is 0 Å². The number of thiazole rings is 1. The molecule has 1 aromatic rings. The normalized spacial score (nSPS) is 11.0. The van der Waals surface area contributed by atoms with Gasteiger partial charge in [-0.05, 0) is 6.92 Å². The van der Waals surface area contributed by atoms with Crippen LogP contribution < -0.4 is 10.6 Å². The lowest BCUT2D eigenvalue weighted by atomic mass is 10.6. The first-order valence-electron chi connectivity index (χ1n) is 5.10. The molecule has 0 saturated heterocycles. The van der Waals surface area contributed by atoms with Crippen molar-refractivity contribution in [3.63, 3.8) is 0 Å². The second kappa shape index (κ2) is 7.92. The van der Waals surface area contributed by atoms with E-state index in [4.69, 9.17) is 5.26 Å². The van der Waals surface area contributed by atoms with Crippen molar-refractivity contribution in [2.75, 3.05) is 19.3 Å². The quantitative estimate of drug-likeness (QED) is 0.277. The Morgan fingerprint density at radius 1 is 1.71 bits per heavy atom. The van der Waals surface area contributed by atoms with Gasteiger partial charge in [0.2, 0.25) is 5.96 Å². The molecule has 0 spiro atoms. The Morgan fingerprint density at radius 2 is 2.53 bits per heavy atom. The standard InChI is InChI=1S/C10H15N5S2/c1-8-15-9(6-17-8)5-16-4-3-13-10(12-2)14-7-11/h6H,3-5H2,1-2H3,(H2,12,13,14). The van der Waals surface area contributed by atoms with Crippen LogP contribution in [0.4, 0.5) is 0 Å². The molecular weight excluding hydrogens is 254 g/mol. The lowest BCUT2D eigenvalue weighted by Gasteiger charge is -2.05. The molecule has 0 fully saturated rings. The fourth-order valence-electron chi connectivity index (χ4n) is 1.12. The van der Waals surface area contributed by atoms with Gasteiger partial charge in [-0.2, -0.15) is 17.0 Å². The van der Waals surface area contributed by atoms with Gasteiger partial charge in [-0.15, -0.1) is 11.3 Å². The number of aliphatic imine (C=N–C) groups is 1. The van der Waals surface area contributed by atoms with Gasteiger partial charge in [-0.3, -0.25) is 10.3 Å². The highest BCUT2D eigenvalue weighted by molar-refractivity contribution is 7.98. The van der Waals surface area contributed by atoms with E-state index in [1.807, 2.05) is 13.1 Å². The van der Waals surface area contributed by atoms with E-state index < -0.39 is 0 Å². The predicted octanol–water partition coefficient (Wildman–Crippen LogP) is 1.33. The summed E-state index contributed by atoms with van der Waals surface area (Å²) in [4.78, 5) is 8.28. The number of aryl methyl sites for hydroxylation is 1. The van der Waals surface area contributed by atoms with Crippen LogP contribution in [0.15, 0.2) is 10.4 Å². The molecule has 2 N–H and O–H groups in total. The van der Waals surface area contributed by atoms with Gasteiger partial charge >= 0.3 is 0 Å². The van der Waals surface area contributed by atoms with Crippen molar-refractivity contribution < 1.29 is 0 Å². The maximum atomic E-state index is 8.43. The average Bonchev–Trinajstić information content (AvgIpc) is 2.73. The van der Waals surface area contributed by atoms with Crippen molar-refractivity contribution in [2.24, 2.45) is 4.99 Å². The summed E-state index contributed by atoms with van der Waals surface area (Å²) < 4.78 is 0. The summed E-state index contributed by atoms with van der Waals surface area (Å²) in [6.45, 7) is 2.78. The number of guanidine groups is 1. The second-order valence-electron chi connectivity index (χ2n) is 3.15. The van der Waals surface area contributed by atoms with Crippen molar-refractivity contribution in [1.29, 1.82) is 5.26 Å². The summed E-state index contributed by atoms with van der Waals surface area (Å²) in [6, 6.07) is 0. The molecular formula is C10H15N5S2. The zero-order valence-electron chi connectivity index (χ0n) is 9.86. The molecule has 5 nitrogen and oxygen atoms in total. The van der Waals surface area contributed by atoms with Crippen LogP contribution >= 0.6 is 23.1 Å². The Kier molecular flexibility index (Phi) is 6.43. The molecule has 0 aromatic carbocycles. The number of hydrogen-bond acceptors (Lipinski definition) is 5. The van der Waals surface area contributed by atoms with Crippen LogP contribution in [-0.4, -0.2) is 30.3 Å². The molecule has 0 atom stereocenters. The Balaban J connectivity index is 2.11. The molecule has 0 aliphatic heterocycles. The highest BCUT2D eigenvalue weighted by Crippen LogP contribution is 2.14. The minimum absolute atomic E-state index is 0.512. The Morgan fingerprint density at radius 3 is 3.12 bits per heavy atom. The molecule has 17 heavy (non-hydrogen) atoms. The SMILES string of the molecule is CN=C(NC#N)NCCSCc1csc(C)n1. The van der Waals surface area contributed by atoms with Crippen LogP contribution in [0.3, 0.4) is 0 Å². The van der Waals surface area contributed by atoms with Gasteiger partial charge in [0.05, 0.1) is 10.7 Å². The fourth-order valence-corrected chi connectivity index (χ4v) is 2.59. The van der Waals surface area contributed by atoms with Gasteiger partial charge in [0.15, 0.2) is 6.19 Å². The monoisotopic (exact) mass is 269 g/mol. The third-order valence-electron chi connectivity index (χ3n) is 1.85. The van der Waals surface area contributed by atoms with E-state index in [0.29, 0.717) is 5.96 Å². The van der Waals surface area contributed by atoms with E-state index in [1.54, 1.807) is 30.1 Å². The molecule has 0 amide bonds. The molecule has 92 valence electrons. The molecule has 0 unspecified atom stereocenters. The van der Waals surface area contributed by atoms with Crippen LogP contribution in [0.2, 0.25) is 0 Å². The summed E-state index contributed by atoms with van der Waals surface area (Å²) in [5, 5.41) is 17.1. The molecule has 0 aliphatic carbocycles. The lowest BCUT2D eigenvalue weighted by Crippen LogP contribution is -2.35. The number of nitriles is 1. The Hall–Kier alpha value is -1.26. The predicted molar refractivity (Wildman–Crippen MR) is 73.1 cm³/mol. The van der Waals surface area contributed by atoms with Crippen LogP contribution in [-0.2, 0) is 5.75 Å². The first kappa shape index (κ1) is 13.8. The zero-order chi connectivity index (χ0) is 12.5. The Labute approximate surface area is 109 Å². The van der Waals surface area contributed by atoms with Gasteiger partial charge in [-0.1, -0.05) is 0 Å². The first-order chi connectivity index (χ1) is 8.26. The molecule has 0 saturated carbocycles. The third kappa shape index (κ3) is 5.56. The van der Waals surface area contributed by atoms with Gasteiger partial charge in [0.1, 0.15) is 0 Å². The number of rotatable bonds is 5. The van der Waals surface area contributed by atoms with E-state index in [1.165, 1.54) is 0 Å². The number of thioether (sulfide) groups is 1. The topological polar surface area (TPSA) is 73.1 Å². The molecule has 1 rings (SSSR count). The molecule has 0 aliphatic rings. The highest BCUT2D eigenvalue weighted by atomic mass is 32.2. The summed E-state index contributed by atoms with van der Waals surface area (Å²) in [5.74, 6) is 2.39. The number of nitrogens with one attached hydrogen (secondary N) is 2. The molecule has 1 heterocycles. The maximum absolute atomic E-state index is 8.43. The van der Waals surface area contributed by atoms with Gasteiger partial charge < -0.3 is 5.32 Å². The van der Waals surface area contributed by atoms with E-state index in [9.17, 15) is 0 Å². The fraction of sp³-hybridized carbons (Fsp3) is 0.500. The summed E-state index contributed by atoms with van der Waals surface area (Å²) in [5.41, 5.74) is 1.14. The van der Waals surface area contributed by atoms with Crippen LogP contribution in [0.1, 0.15) is 10.7 Å². The highest BCUT2D eigenvalue weighted by Gasteiger charge is 1.99. The zero-order valence-corrected chi connectivity index (χ0v) is 11.5. The van der Waals surface area contributed by atoms with E-state index in [2.05, 4.69) is 26.0 Å². The first-order valence-corrected chi connectivity index (χ1v) is 7.14. The van der Waals surface area contributed by atoms with Crippen molar-refractivity contribution in [3.05, 3.63) is 16.1 Å². The van der Waals surface area contributed by atoms with Crippen molar-refractivity contribution >= 4 is 29.1 Å². The van der Waals surface area contributed by atoms with Crippen LogP contribution in [0.25, 0.3) is 0 Å². The van der Waals surface area contributed by atoms with Gasteiger partial charge in [0.25, 0.3) is 0 Å². The number of hydrogen-bond donors (Lipinski definition) is 2. The molecule has 0 bridgehead atoms. The van der Waals surface area contributed by atoms with Crippen molar-refractivity contribution in [1.82, 2.24) is 15.6 Å². The minimum Gasteiger partial charge on any atom is -0.355 e. The second-order valence-corrected chi connectivity index (χ2v) is 5.31. The lowest BCUT2D eigenvalue weighted by molar-refractivity contribution is 0.930. The number of nitrogens with zero attached hydrogens (tertiary/aromatic N) is 3. The number of aromatic nitrogens is 1. The van der Waals surface area contributed by atoms with E-state index >= 15 is 0 Å². The summed E-state index contributed by atoms with van der Waals surface area (Å²) in [7, 11) is 1.64. The molecule has 1 aromatic heterocycles. The van der Waals surface area contributed by atoms with E-state index in [-0.39, 0.29) is 0 Å². The molecule has 7 heteroatoms. The van der Waals surface area contributed by atoms with E-state index in [0.717, 1.165) is 28.8 Å². The Bertz CT molecular complexity index is 407. The third-order valence-corrected chi connectivity index (χ3v) is 3.67. The average molecular weight is 269 g/mol. The summed E-state index contributed by atoms with van der Waals surface area (Å²) in [6.07, 6.45) is 1.83. The van der Waals surface area contributed by atoms with Gasteiger partial charge in [-0.25, -0.2) is 4.98 Å².